The first-order valence-electron chi connectivity index (χ1n) is 11.1. The van der Waals surface area contributed by atoms with Crippen molar-refractivity contribution in [2.75, 3.05) is 29.3 Å². The third-order valence-electron chi connectivity index (χ3n) is 5.48. The van der Waals surface area contributed by atoms with Crippen molar-refractivity contribution in [1.82, 2.24) is 4.31 Å². The Morgan fingerprint density at radius 1 is 0.743 bits per heavy atom. The Morgan fingerprint density at radius 2 is 1.29 bits per heavy atom. The Bertz CT molecular complexity index is 1370. The molecule has 3 rings (SSSR count). The third-order valence-corrected chi connectivity index (χ3v) is 9.32. The van der Waals surface area contributed by atoms with Crippen molar-refractivity contribution >= 4 is 37.3 Å². The summed E-state index contributed by atoms with van der Waals surface area (Å²) in [5.74, 6) is -0.563. The van der Waals surface area contributed by atoms with Gasteiger partial charge in [0.25, 0.3) is 10.0 Å². The molecule has 0 heterocycles. The van der Waals surface area contributed by atoms with Crippen LogP contribution in [0.5, 0.6) is 0 Å². The molecule has 0 bridgehead atoms. The first-order valence-corrected chi connectivity index (χ1v) is 14.0. The molecule has 0 saturated heterocycles. The lowest BCUT2D eigenvalue weighted by Crippen LogP contribution is -2.38. The molecule has 0 aliphatic rings. The van der Waals surface area contributed by atoms with E-state index in [1.54, 1.807) is 63.2 Å². The number of benzene rings is 3. The Morgan fingerprint density at radius 3 is 1.86 bits per heavy atom. The third kappa shape index (κ3) is 5.90. The molecule has 8 nitrogen and oxygen atoms in total. The van der Waals surface area contributed by atoms with Gasteiger partial charge in [-0.05, 0) is 55.0 Å². The van der Waals surface area contributed by atoms with E-state index in [-0.39, 0.29) is 9.79 Å². The van der Waals surface area contributed by atoms with E-state index in [0.29, 0.717) is 30.0 Å². The summed E-state index contributed by atoms with van der Waals surface area (Å²) in [4.78, 5) is 13.1. The van der Waals surface area contributed by atoms with Crippen LogP contribution in [0.25, 0.3) is 0 Å². The van der Waals surface area contributed by atoms with E-state index >= 15 is 0 Å². The predicted octanol–water partition coefficient (Wildman–Crippen LogP) is 3.86. The molecule has 3 aromatic carbocycles. The molecule has 0 radical (unpaired) electrons. The van der Waals surface area contributed by atoms with Gasteiger partial charge in [-0.2, -0.15) is 4.31 Å². The Balaban J connectivity index is 1.86. The van der Waals surface area contributed by atoms with Gasteiger partial charge in [0.2, 0.25) is 15.9 Å². The van der Waals surface area contributed by atoms with Crippen LogP contribution >= 0.6 is 0 Å². The Kier molecular flexibility index (Phi) is 8.31. The zero-order chi connectivity index (χ0) is 25.6. The van der Waals surface area contributed by atoms with E-state index in [1.165, 1.54) is 40.7 Å². The Labute approximate surface area is 207 Å². The topological polar surface area (TPSA) is 104 Å². The number of para-hydroxylation sites is 1. The van der Waals surface area contributed by atoms with E-state index in [2.05, 4.69) is 5.32 Å². The van der Waals surface area contributed by atoms with Crippen molar-refractivity contribution < 1.29 is 21.6 Å². The summed E-state index contributed by atoms with van der Waals surface area (Å²) < 4.78 is 54.6. The van der Waals surface area contributed by atoms with Gasteiger partial charge in [-0.25, -0.2) is 16.8 Å². The summed E-state index contributed by atoms with van der Waals surface area (Å²) in [6, 6.07) is 20.7. The molecule has 0 aromatic heterocycles. The van der Waals surface area contributed by atoms with Gasteiger partial charge in [0.15, 0.2) is 0 Å². The molecule has 10 heteroatoms. The first-order chi connectivity index (χ1) is 16.6. The molecule has 0 aliphatic heterocycles. The normalized spacial score (nSPS) is 11.9. The quantitative estimate of drug-likeness (QED) is 0.442. The lowest BCUT2D eigenvalue weighted by molar-refractivity contribution is -0.114. The second kappa shape index (κ2) is 11.0. The summed E-state index contributed by atoms with van der Waals surface area (Å²) in [5.41, 5.74) is 1.45. The minimum atomic E-state index is -4.02. The lowest BCUT2D eigenvalue weighted by atomic mass is 10.2. The monoisotopic (exact) mass is 515 g/mol. The first kappa shape index (κ1) is 26.4. The number of nitrogens with zero attached hydrogens (tertiary/aromatic N) is 2. The zero-order valence-electron chi connectivity index (χ0n) is 19.9. The average Bonchev–Trinajstić information content (AvgIpc) is 2.84. The van der Waals surface area contributed by atoms with Gasteiger partial charge in [-0.15, -0.1) is 0 Å². The van der Waals surface area contributed by atoms with Crippen molar-refractivity contribution in [3.8, 4) is 0 Å². The SMILES string of the molecule is CCN(CC)S(=O)(=O)c1ccc(NC(=O)CN(c2ccccc2C)S(=O)(=O)c2ccccc2)cc1. The number of hydrogen-bond acceptors (Lipinski definition) is 5. The van der Waals surface area contributed by atoms with Crippen molar-refractivity contribution in [1.29, 1.82) is 0 Å². The Hall–Kier alpha value is -3.21. The van der Waals surface area contributed by atoms with Crippen LogP contribution < -0.4 is 9.62 Å². The molecule has 0 fully saturated rings. The maximum atomic E-state index is 13.4. The molecule has 0 saturated carbocycles. The highest BCUT2D eigenvalue weighted by Crippen LogP contribution is 2.27. The fraction of sp³-hybridized carbons (Fsp3) is 0.240. The fourth-order valence-corrected chi connectivity index (χ4v) is 6.58. The van der Waals surface area contributed by atoms with Crippen molar-refractivity contribution in [3.63, 3.8) is 0 Å². The van der Waals surface area contributed by atoms with Gasteiger partial charge in [0.1, 0.15) is 6.54 Å². The van der Waals surface area contributed by atoms with Gasteiger partial charge < -0.3 is 5.32 Å². The number of nitrogens with one attached hydrogen (secondary N) is 1. The molecular formula is C25H29N3O5S2. The summed E-state index contributed by atoms with van der Waals surface area (Å²) in [7, 11) is -7.64. The molecule has 35 heavy (non-hydrogen) atoms. The number of carbonyl (C=O) groups is 1. The maximum absolute atomic E-state index is 13.4. The second-order valence-corrected chi connectivity index (χ2v) is 11.6. The van der Waals surface area contributed by atoms with Crippen LogP contribution in [0.15, 0.2) is 88.7 Å². The minimum absolute atomic E-state index is 0.0713. The molecular weight excluding hydrogens is 486 g/mol. The van der Waals surface area contributed by atoms with Gasteiger partial charge in [0.05, 0.1) is 15.5 Å². The molecule has 186 valence electrons. The van der Waals surface area contributed by atoms with Crippen molar-refractivity contribution in [2.45, 2.75) is 30.6 Å². The van der Waals surface area contributed by atoms with Gasteiger partial charge in [-0.1, -0.05) is 50.2 Å². The molecule has 0 spiro atoms. The maximum Gasteiger partial charge on any atom is 0.264 e. The largest absolute Gasteiger partial charge is 0.325 e. The standard InChI is InChI=1S/C25H29N3O5S2/c1-4-27(5-2)34(30,31)23-17-15-21(16-18-23)26-25(29)19-28(24-14-10-9-11-20(24)3)35(32,33)22-12-7-6-8-13-22/h6-18H,4-5,19H2,1-3H3,(H,26,29). The number of sulfonamides is 2. The molecule has 1 N–H and O–H groups in total. The van der Waals surface area contributed by atoms with Crippen molar-refractivity contribution in [3.05, 3.63) is 84.4 Å². The summed E-state index contributed by atoms with van der Waals surface area (Å²) >= 11 is 0. The second-order valence-electron chi connectivity index (χ2n) is 7.77. The predicted molar refractivity (Wildman–Crippen MR) is 137 cm³/mol. The number of hydrogen-bond donors (Lipinski definition) is 1. The summed E-state index contributed by atoms with van der Waals surface area (Å²) in [5, 5.41) is 2.67. The van der Waals surface area contributed by atoms with Crippen LogP contribution in [0.4, 0.5) is 11.4 Å². The highest BCUT2D eigenvalue weighted by molar-refractivity contribution is 7.92. The average molecular weight is 516 g/mol. The molecule has 0 atom stereocenters. The molecule has 3 aromatic rings. The van der Waals surface area contributed by atoms with Crippen LogP contribution in [-0.2, 0) is 24.8 Å². The molecule has 1 amide bonds. The van der Waals surface area contributed by atoms with Crippen LogP contribution in [0.2, 0.25) is 0 Å². The van der Waals surface area contributed by atoms with E-state index in [0.717, 1.165) is 4.31 Å². The van der Waals surface area contributed by atoms with Crippen LogP contribution in [0, 0.1) is 6.92 Å². The van der Waals surface area contributed by atoms with E-state index in [1.807, 2.05) is 0 Å². The minimum Gasteiger partial charge on any atom is -0.325 e. The number of anilines is 2. The van der Waals surface area contributed by atoms with Crippen molar-refractivity contribution in [2.24, 2.45) is 0 Å². The van der Waals surface area contributed by atoms with E-state index < -0.39 is 32.5 Å². The van der Waals surface area contributed by atoms with E-state index in [9.17, 15) is 21.6 Å². The van der Waals surface area contributed by atoms with Gasteiger partial charge in [-0.3, -0.25) is 9.10 Å². The van der Waals surface area contributed by atoms with E-state index in [4.69, 9.17) is 0 Å². The fourth-order valence-electron chi connectivity index (χ4n) is 3.62. The van der Waals surface area contributed by atoms with Crippen LogP contribution in [0.3, 0.4) is 0 Å². The highest BCUT2D eigenvalue weighted by atomic mass is 32.2. The van der Waals surface area contributed by atoms with Gasteiger partial charge >= 0.3 is 0 Å². The van der Waals surface area contributed by atoms with Crippen LogP contribution in [0.1, 0.15) is 19.4 Å². The summed E-state index contributed by atoms with van der Waals surface area (Å²) in [6.07, 6.45) is 0. The summed E-state index contributed by atoms with van der Waals surface area (Å²) in [6.45, 7) is 5.54. The number of amides is 1. The number of carbonyl (C=O) groups excluding carboxylic acids is 1. The lowest BCUT2D eigenvalue weighted by Gasteiger charge is -2.25. The van der Waals surface area contributed by atoms with Crippen LogP contribution in [-0.4, -0.2) is 46.7 Å². The number of rotatable bonds is 10. The number of aryl methyl sites for hydroxylation is 1. The van der Waals surface area contributed by atoms with Gasteiger partial charge in [0, 0.05) is 18.8 Å². The zero-order valence-corrected chi connectivity index (χ0v) is 21.5. The highest BCUT2D eigenvalue weighted by Gasteiger charge is 2.28. The molecule has 0 aliphatic carbocycles. The molecule has 0 unspecified atom stereocenters. The smallest absolute Gasteiger partial charge is 0.264 e.